The summed E-state index contributed by atoms with van der Waals surface area (Å²) in [6.45, 7) is 0.671. The van der Waals surface area contributed by atoms with Crippen molar-refractivity contribution in [2.45, 2.75) is 10.8 Å². The van der Waals surface area contributed by atoms with Gasteiger partial charge >= 0.3 is 5.63 Å². The van der Waals surface area contributed by atoms with E-state index in [1.165, 1.54) is 23.4 Å². The first-order chi connectivity index (χ1) is 15.6. The second-order valence-corrected chi connectivity index (χ2v) is 9.23. The monoisotopic (exact) mass is 464 g/mol. The fourth-order valence-electron chi connectivity index (χ4n) is 3.50. The van der Waals surface area contributed by atoms with Gasteiger partial charge in [0.15, 0.2) is 4.34 Å². The topological polar surface area (TPSA) is 105 Å². The summed E-state index contributed by atoms with van der Waals surface area (Å²) in [5, 5.41) is 11.4. The third kappa shape index (κ3) is 4.02. The molecule has 32 heavy (non-hydrogen) atoms. The van der Waals surface area contributed by atoms with Crippen LogP contribution >= 0.6 is 23.1 Å². The van der Waals surface area contributed by atoms with E-state index in [2.05, 4.69) is 15.5 Å². The lowest BCUT2D eigenvalue weighted by Gasteiger charge is -2.16. The molecule has 0 aliphatic carbocycles. The zero-order valence-electron chi connectivity index (χ0n) is 16.6. The van der Waals surface area contributed by atoms with Gasteiger partial charge < -0.3 is 9.32 Å². The maximum absolute atomic E-state index is 12.6. The Hall–Kier alpha value is -3.50. The molecular weight excluding hydrogens is 448 g/mol. The molecule has 0 fully saturated rings. The number of fused-ring (bicyclic) bond motifs is 2. The maximum atomic E-state index is 12.6. The zero-order valence-corrected chi connectivity index (χ0v) is 18.2. The van der Waals surface area contributed by atoms with Crippen molar-refractivity contribution in [3.05, 3.63) is 76.1 Å². The molecule has 2 aromatic heterocycles. The number of nitrogens with one attached hydrogen (secondary N) is 1. The first-order valence-electron chi connectivity index (χ1n) is 9.77. The number of nitrogens with zero attached hydrogens (tertiary/aromatic N) is 3. The van der Waals surface area contributed by atoms with E-state index < -0.39 is 11.5 Å². The zero-order chi connectivity index (χ0) is 22.1. The molecule has 2 amide bonds. The minimum atomic E-state index is -0.725. The summed E-state index contributed by atoms with van der Waals surface area (Å²) in [6.07, 6.45) is 0.852. The molecule has 0 saturated carbocycles. The van der Waals surface area contributed by atoms with E-state index in [4.69, 9.17) is 4.42 Å². The van der Waals surface area contributed by atoms with Crippen LogP contribution in [0.3, 0.4) is 0 Å². The Kier molecular flexibility index (Phi) is 5.46. The quantitative estimate of drug-likeness (QED) is 0.273. The van der Waals surface area contributed by atoms with Crippen LogP contribution in [0.15, 0.2) is 68.1 Å². The molecule has 1 aliphatic rings. The van der Waals surface area contributed by atoms with Gasteiger partial charge in [-0.25, -0.2) is 4.79 Å². The maximum Gasteiger partial charge on any atom is 0.349 e. The Bertz CT molecular complexity index is 1400. The predicted molar refractivity (Wildman–Crippen MR) is 124 cm³/mol. The Morgan fingerprint density at radius 1 is 1.12 bits per heavy atom. The lowest BCUT2D eigenvalue weighted by molar-refractivity contribution is -0.116. The standard InChI is InChI=1S/C22H16N4O4S2/c27-18(26-10-9-13-5-1-3-7-16(13)26)12-31-22-25-24-21(32-22)23-19(28)15-11-14-6-2-4-8-17(14)30-20(15)29/h1-8,11H,9-10,12H2,(H,23,24,28). The van der Waals surface area contributed by atoms with Gasteiger partial charge in [-0.05, 0) is 30.2 Å². The first kappa shape index (κ1) is 20.4. The van der Waals surface area contributed by atoms with E-state index in [0.29, 0.717) is 21.9 Å². The fraction of sp³-hybridized carbons (Fsp3) is 0.136. The second kappa shape index (κ2) is 8.56. The van der Waals surface area contributed by atoms with Crippen LogP contribution in [0.5, 0.6) is 0 Å². The molecular formula is C22H16N4O4S2. The van der Waals surface area contributed by atoms with E-state index in [-0.39, 0.29) is 22.4 Å². The molecule has 0 saturated heterocycles. The van der Waals surface area contributed by atoms with Crippen molar-refractivity contribution in [3.63, 3.8) is 0 Å². The van der Waals surface area contributed by atoms with E-state index in [1.807, 2.05) is 24.3 Å². The lowest BCUT2D eigenvalue weighted by atomic mass is 10.2. The fourth-order valence-corrected chi connectivity index (χ4v) is 5.13. The van der Waals surface area contributed by atoms with Crippen LogP contribution in [0.1, 0.15) is 15.9 Å². The number of amides is 2. The van der Waals surface area contributed by atoms with Gasteiger partial charge in [-0.1, -0.05) is 59.5 Å². The molecule has 160 valence electrons. The van der Waals surface area contributed by atoms with Crippen molar-refractivity contribution in [3.8, 4) is 0 Å². The Labute approximate surface area is 190 Å². The number of hydrogen-bond donors (Lipinski definition) is 1. The summed E-state index contributed by atoms with van der Waals surface area (Å²) in [6, 6.07) is 16.3. The number of aromatic nitrogens is 2. The summed E-state index contributed by atoms with van der Waals surface area (Å²) in [5.74, 6) is -0.415. The second-order valence-electron chi connectivity index (χ2n) is 7.03. The highest BCUT2D eigenvalue weighted by Gasteiger charge is 2.24. The van der Waals surface area contributed by atoms with E-state index in [1.54, 1.807) is 29.2 Å². The van der Waals surface area contributed by atoms with Crippen LogP contribution in [-0.4, -0.2) is 34.3 Å². The molecule has 10 heteroatoms. The number of hydrogen-bond acceptors (Lipinski definition) is 8. The van der Waals surface area contributed by atoms with Gasteiger partial charge in [-0.15, -0.1) is 10.2 Å². The third-order valence-corrected chi connectivity index (χ3v) is 6.98. The molecule has 3 heterocycles. The highest BCUT2D eigenvalue weighted by atomic mass is 32.2. The summed E-state index contributed by atoms with van der Waals surface area (Å²) in [4.78, 5) is 39.1. The molecule has 4 aromatic rings. The van der Waals surface area contributed by atoms with Crippen LogP contribution < -0.4 is 15.8 Å². The first-order valence-corrected chi connectivity index (χ1v) is 11.6. The van der Waals surface area contributed by atoms with Gasteiger partial charge in [0, 0.05) is 17.6 Å². The molecule has 0 bridgehead atoms. The lowest BCUT2D eigenvalue weighted by Crippen LogP contribution is -2.30. The predicted octanol–water partition coefficient (Wildman–Crippen LogP) is 3.58. The molecule has 0 unspecified atom stereocenters. The average molecular weight is 465 g/mol. The minimum absolute atomic E-state index is 0.00509. The Balaban J connectivity index is 1.23. The normalized spacial score (nSPS) is 12.7. The highest BCUT2D eigenvalue weighted by molar-refractivity contribution is 8.01. The van der Waals surface area contributed by atoms with Crippen LogP contribution in [0, 0.1) is 0 Å². The van der Waals surface area contributed by atoms with Crippen LogP contribution in [0.2, 0.25) is 0 Å². The Morgan fingerprint density at radius 3 is 2.84 bits per heavy atom. The Morgan fingerprint density at radius 2 is 1.94 bits per heavy atom. The highest BCUT2D eigenvalue weighted by Crippen LogP contribution is 2.30. The minimum Gasteiger partial charge on any atom is -0.422 e. The van der Waals surface area contributed by atoms with Gasteiger partial charge in [-0.2, -0.15) is 0 Å². The van der Waals surface area contributed by atoms with E-state index >= 15 is 0 Å². The van der Waals surface area contributed by atoms with Gasteiger partial charge in [0.25, 0.3) is 5.91 Å². The van der Waals surface area contributed by atoms with E-state index in [9.17, 15) is 14.4 Å². The van der Waals surface area contributed by atoms with Crippen molar-refractivity contribution < 1.29 is 14.0 Å². The van der Waals surface area contributed by atoms with Gasteiger partial charge in [0.2, 0.25) is 11.0 Å². The molecule has 0 atom stereocenters. The molecule has 0 radical (unpaired) electrons. The van der Waals surface area contributed by atoms with Crippen molar-refractivity contribution in [2.75, 3.05) is 22.5 Å². The molecule has 5 rings (SSSR count). The molecule has 8 nitrogen and oxygen atoms in total. The van der Waals surface area contributed by atoms with E-state index in [0.717, 1.165) is 23.4 Å². The summed E-state index contributed by atoms with van der Waals surface area (Å²) in [5.41, 5.74) is 1.70. The largest absolute Gasteiger partial charge is 0.422 e. The number of thioether (sulfide) groups is 1. The van der Waals surface area contributed by atoms with Crippen LogP contribution in [0.4, 0.5) is 10.8 Å². The molecule has 1 aliphatic heterocycles. The third-order valence-electron chi connectivity index (χ3n) is 5.02. The van der Waals surface area contributed by atoms with Crippen molar-refractivity contribution in [1.82, 2.24) is 10.2 Å². The van der Waals surface area contributed by atoms with Crippen molar-refractivity contribution in [1.29, 1.82) is 0 Å². The van der Waals surface area contributed by atoms with Gasteiger partial charge in [0.1, 0.15) is 11.1 Å². The van der Waals surface area contributed by atoms with Crippen molar-refractivity contribution in [2.24, 2.45) is 0 Å². The number of anilines is 2. The van der Waals surface area contributed by atoms with Gasteiger partial charge in [0.05, 0.1) is 5.75 Å². The summed E-state index contributed by atoms with van der Waals surface area (Å²) >= 11 is 2.40. The van der Waals surface area contributed by atoms with Crippen LogP contribution in [-0.2, 0) is 11.2 Å². The van der Waals surface area contributed by atoms with Crippen LogP contribution in [0.25, 0.3) is 11.0 Å². The average Bonchev–Trinajstić information content (AvgIpc) is 3.44. The molecule has 1 N–H and O–H groups in total. The van der Waals surface area contributed by atoms with Gasteiger partial charge in [-0.3, -0.25) is 14.9 Å². The number of carbonyl (C=O) groups is 2. The smallest absolute Gasteiger partial charge is 0.349 e. The number of carbonyl (C=O) groups excluding carboxylic acids is 2. The molecule has 2 aromatic carbocycles. The molecule has 0 spiro atoms. The summed E-state index contributed by atoms with van der Waals surface area (Å²) < 4.78 is 5.75. The number of para-hydroxylation sites is 2. The van der Waals surface area contributed by atoms with Crippen molar-refractivity contribution >= 4 is 56.7 Å². The SMILES string of the molecule is O=C(Nc1nnc(SCC(=O)N2CCc3ccccc32)s1)c1cc2ccccc2oc1=O. The number of rotatable bonds is 5. The number of benzene rings is 2. The summed E-state index contributed by atoms with van der Waals surface area (Å²) in [7, 11) is 0.